The molecular weight excluding hydrogens is 242 g/mol. The summed E-state index contributed by atoms with van der Waals surface area (Å²) in [6.07, 6.45) is 0. The highest BCUT2D eigenvalue weighted by molar-refractivity contribution is 5.99. The number of phenols is 1. The Morgan fingerprint density at radius 3 is 2.56 bits per heavy atom. The Bertz CT molecular complexity index is 459. The number of rotatable bonds is 5. The first-order chi connectivity index (χ1) is 8.49. The van der Waals surface area contributed by atoms with Crippen molar-refractivity contribution in [2.75, 3.05) is 13.7 Å². The number of ether oxygens (including phenoxy) is 1. The first-order valence-electron chi connectivity index (χ1n) is 5.01. The molecule has 1 atom stereocenters. The molecule has 1 aromatic carbocycles. The minimum absolute atomic E-state index is 0.101. The number of phenolic OH excluding ortho intramolecular Hbond substituents is 1. The molecule has 0 aliphatic heterocycles. The van der Waals surface area contributed by atoms with Gasteiger partial charge in [0, 0.05) is 6.07 Å². The lowest BCUT2D eigenvalue weighted by Gasteiger charge is -2.12. The van der Waals surface area contributed by atoms with Gasteiger partial charge in [0.2, 0.25) is 0 Å². The molecule has 0 bridgehead atoms. The zero-order chi connectivity index (χ0) is 13.7. The number of aromatic hydroxyl groups is 1. The predicted molar refractivity (Wildman–Crippen MR) is 60.6 cm³/mol. The highest BCUT2D eigenvalue weighted by Gasteiger charge is 2.21. The third-order valence-corrected chi connectivity index (χ3v) is 2.24. The fourth-order valence-corrected chi connectivity index (χ4v) is 1.25. The number of carbonyl (C=O) groups is 2. The van der Waals surface area contributed by atoms with Crippen molar-refractivity contribution in [1.29, 1.82) is 0 Å². The number of aliphatic carboxylic acids is 1. The van der Waals surface area contributed by atoms with E-state index in [9.17, 15) is 14.7 Å². The maximum atomic E-state index is 11.7. The molecule has 0 heterocycles. The largest absolute Gasteiger partial charge is 0.507 e. The highest BCUT2D eigenvalue weighted by Crippen LogP contribution is 2.23. The van der Waals surface area contributed by atoms with Crippen molar-refractivity contribution in [3.63, 3.8) is 0 Å². The Morgan fingerprint density at radius 1 is 1.44 bits per heavy atom. The summed E-state index contributed by atoms with van der Waals surface area (Å²) >= 11 is 0. The van der Waals surface area contributed by atoms with Crippen LogP contribution in [0.1, 0.15) is 10.4 Å². The lowest BCUT2D eigenvalue weighted by molar-refractivity contribution is -0.140. The van der Waals surface area contributed by atoms with Gasteiger partial charge < -0.3 is 25.4 Å². The summed E-state index contributed by atoms with van der Waals surface area (Å²) in [5.74, 6) is -2.13. The molecule has 0 spiro atoms. The van der Waals surface area contributed by atoms with E-state index < -0.39 is 24.5 Å². The summed E-state index contributed by atoms with van der Waals surface area (Å²) in [7, 11) is 1.40. The maximum absolute atomic E-state index is 11.7. The summed E-state index contributed by atoms with van der Waals surface area (Å²) in [4.78, 5) is 22.3. The molecule has 0 aliphatic carbocycles. The number of methoxy groups -OCH3 is 1. The molecule has 18 heavy (non-hydrogen) atoms. The molecule has 98 valence electrons. The summed E-state index contributed by atoms with van der Waals surface area (Å²) in [6.45, 7) is -0.738. The highest BCUT2D eigenvalue weighted by atomic mass is 16.5. The molecule has 0 saturated carbocycles. The van der Waals surface area contributed by atoms with E-state index in [2.05, 4.69) is 5.32 Å². The van der Waals surface area contributed by atoms with Gasteiger partial charge in [-0.1, -0.05) is 0 Å². The molecule has 1 amide bonds. The predicted octanol–water partition coefficient (Wildman–Crippen LogP) is -0.424. The van der Waals surface area contributed by atoms with Gasteiger partial charge in [-0.05, 0) is 12.1 Å². The van der Waals surface area contributed by atoms with E-state index in [4.69, 9.17) is 14.9 Å². The standard InChI is InChI=1S/C11H13NO6/c1-18-6-2-3-7(9(14)4-6)10(15)12-8(5-13)11(16)17/h2-4,8,13-14H,5H2,1H3,(H,12,15)(H,16,17)/t8-/m0/s1. The molecule has 0 saturated heterocycles. The Kier molecular flexibility index (Phi) is 4.50. The number of carboxylic acid groups (broad SMARTS) is 1. The van der Waals surface area contributed by atoms with Crippen molar-refractivity contribution in [2.45, 2.75) is 6.04 Å². The number of carboxylic acids is 1. The molecule has 1 rings (SSSR count). The van der Waals surface area contributed by atoms with Crippen LogP contribution in [-0.4, -0.2) is 47.0 Å². The second-order valence-electron chi connectivity index (χ2n) is 3.43. The molecule has 7 nitrogen and oxygen atoms in total. The first-order valence-corrected chi connectivity index (χ1v) is 5.01. The lowest BCUT2D eigenvalue weighted by Crippen LogP contribution is -2.43. The number of nitrogens with one attached hydrogen (secondary N) is 1. The number of benzene rings is 1. The van der Waals surface area contributed by atoms with E-state index in [0.29, 0.717) is 5.75 Å². The van der Waals surface area contributed by atoms with Crippen molar-refractivity contribution < 1.29 is 29.6 Å². The van der Waals surface area contributed by atoms with Crippen LogP contribution >= 0.6 is 0 Å². The molecule has 0 aliphatic rings. The molecule has 0 fully saturated rings. The van der Waals surface area contributed by atoms with Crippen molar-refractivity contribution in [3.05, 3.63) is 23.8 Å². The van der Waals surface area contributed by atoms with Crippen LogP contribution in [0.15, 0.2) is 18.2 Å². The minimum Gasteiger partial charge on any atom is -0.507 e. The van der Waals surface area contributed by atoms with E-state index in [1.165, 1.54) is 25.3 Å². The van der Waals surface area contributed by atoms with Crippen molar-refractivity contribution >= 4 is 11.9 Å². The van der Waals surface area contributed by atoms with Gasteiger partial charge in [0.25, 0.3) is 5.91 Å². The molecule has 0 radical (unpaired) electrons. The number of hydrogen-bond donors (Lipinski definition) is 4. The van der Waals surface area contributed by atoms with Gasteiger partial charge in [-0.15, -0.1) is 0 Å². The van der Waals surface area contributed by atoms with Crippen LogP contribution in [0.2, 0.25) is 0 Å². The summed E-state index contributed by atoms with van der Waals surface area (Å²) in [5, 5.41) is 29.1. The van der Waals surface area contributed by atoms with E-state index in [1.54, 1.807) is 0 Å². The van der Waals surface area contributed by atoms with E-state index in [1.807, 2.05) is 0 Å². The summed E-state index contributed by atoms with van der Waals surface area (Å²) in [6, 6.07) is 2.55. The van der Waals surface area contributed by atoms with E-state index in [-0.39, 0.29) is 11.3 Å². The Labute approximate surface area is 103 Å². The van der Waals surface area contributed by atoms with Crippen molar-refractivity contribution in [3.8, 4) is 11.5 Å². The topological polar surface area (TPSA) is 116 Å². The van der Waals surface area contributed by atoms with Crippen molar-refractivity contribution in [1.82, 2.24) is 5.32 Å². The van der Waals surface area contributed by atoms with Gasteiger partial charge in [0.15, 0.2) is 6.04 Å². The SMILES string of the molecule is COc1ccc(C(=O)N[C@@H](CO)C(=O)O)c(O)c1. The van der Waals surface area contributed by atoms with Crippen LogP contribution in [0, 0.1) is 0 Å². The number of aliphatic hydroxyl groups excluding tert-OH is 1. The lowest BCUT2D eigenvalue weighted by atomic mass is 10.1. The van der Waals surface area contributed by atoms with Crippen LogP contribution in [0.25, 0.3) is 0 Å². The summed E-state index contributed by atoms with van der Waals surface area (Å²) < 4.78 is 4.84. The Morgan fingerprint density at radius 2 is 2.11 bits per heavy atom. The van der Waals surface area contributed by atoms with Gasteiger partial charge in [-0.2, -0.15) is 0 Å². The van der Waals surface area contributed by atoms with Gasteiger partial charge >= 0.3 is 5.97 Å². The first kappa shape index (κ1) is 13.8. The Balaban J connectivity index is 2.87. The third-order valence-electron chi connectivity index (χ3n) is 2.24. The van der Waals surface area contributed by atoms with Gasteiger partial charge in [-0.25, -0.2) is 4.79 Å². The average Bonchev–Trinajstić information content (AvgIpc) is 2.34. The Hall–Kier alpha value is -2.28. The van der Waals surface area contributed by atoms with Crippen molar-refractivity contribution in [2.24, 2.45) is 0 Å². The number of amides is 1. The fraction of sp³-hybridized carbons (Fsp3) is 0.273. The molecule has 1 aromatic rings. The monoisotopic (exact) mass is 255 g/mol. The minimum atomic E-state index is -1.42. The maximum Gasteiger partial charge on any atom is 0.328 e. The molecule has 0 aromatic heterocycles. The van der Waals surface area contributed by atoms with Gasteiger partial charge in [0.1, 0.15) is 11.5 Å². The molecule has 0 unspecified atom stereocenters. The van der Waals surface area contributed by atoms with Crippen LogP contribution in [0.5, 0.6) is 11.5 Å². The number of carbonyl (C=O) groups excluding carboxylic acids is 1. The zero-order valence-corrected chi connectivity index (χ0v) is 9.58. The van der Waals surface area contributed by atoms with E-state index >= 15 is 0 Å². The third kappa shape index (κ3) is 3.11. The van der Waals surface area contributed by atoms with Crippen LogP contribution in [0.4, 0.5) is 0 Å². The van der Waals surface area contributed by atoms with Gasteiger partial charge in [-0.3, -0.25) is 4.79 Å². The summed E-state index contributed by atoms with van der Waals surface area (Å²) in [5.41, 5.74) is -0.101. The quantitative estimate of drug-likeness (QED) is 0.567. The fourth-order valence-electron chi connectivity index (χ4n) is 1.25. The molecular formula is C11H13NO6. The second kappa shape index (κ2) is 5.87. The molecule has 7 heteroatoms. The van der Waals surface area contributed by atoms with Crippen LogP contribution in [0.3, 0.4) is 0 Å². The van der Waals surface area contributed by atoms with Gasteiger partial charge in [0.05, 0.1) is 19.3 Å². The zero-order valence-electron chi connectivity index (χ0n) is 9.58. The number of hydrogen-bond acceptors (Lipinski definition) is 5. The molecule has 4 N–H and O–H groups in total. The smallest absolute Gasteiger partial charge is 0.328 e. The number of aliphatic hydroxyl groups is 1. The average molecular weight is 255 g/mol. The second-order valence-corrected chi connectivity index (χ2v) is 3.43. The van der Waals surface area contributed by atoms with Crippen LogP contribution in [-0.2, 0) is 4.79 Å². The van der Waals surface area contributed by atoms with E-state index in [0.717, 1.165) is 0 Å². The normalized spacial score (nSPS) is 11.7. The van der Waals surface area contributed by atoms with Crippen LogP contribution < -0.4 is 10.1 Å².